The predicted octanol–water partition coefficient (Wildman–Crippen LogP) is 14.7. The van der Waals surface area contributed by atoms with Crippen LogP contribution in [0.1, 0.15) is 0 Å². The Hall–Kier alpha value is -7.62. The molecule has 0 radical (unpaired) electrons. The number of aromatic nitrogens is 2. The van der Waals surface area contributed by atoms with Crippen molar-refractivity contribution in [1.29, 1.82) is 0 Å². The van der Waals surface area contributed by atoms with Crippen molar-refractivity contribution in [2.75, 3.05) is 4.90 Å². The van der Waals surface area contributed by atoms with Crippen LogP contribution >= 0.6 is 0 Å². The van der Waals surface area contributed by atoms with Crippen molar-refractivity contribution in [2.45, 2.75) is 0 Å². The van der Waals surface area contributed by atoms with Gasteiger partial charge in [0.05, 0.1) is 27.8 Å². The van der Waals surface area contributed by atoms with E-state index < -0.39 is 0 Å². The highest BCUT2D eigenvalue weighted by molar-refractivity contribution is 6.16. The zero-order valence-electron chi connectivity index (χ0n) is 31.2. The molecule has 2 aromatic heterocycles. The van der Waals surface area contributed by atoms with Crippen molar-refractivity contribution in [3.05, 3.63) is 224 Å². The summed E-state index contributed by atoms with van der Waals surface area (Å²) in [5, 5.41) is 4.94. The molecular weight excluding hydrogens is 691 g/mol. The highest BCUT2D eigenvalue weighted by Gasteiger charge is 2.22. The lowest BCUT2D eigenvalue weighted by Crippen LogP contribution is -2.10. The summed E-state index contributed by atoms with van der Waals surface area (Å²) >= 11 is 0. The Balaban J connectivity index is 1.10. The van der Waals surface area contributed by atoms with Crippen molar-refractivity contribution in [3.8, 4) is 33.6 Å². The van der Waals surface area contributed by atoms with Gasteiger partial charge in [-0.2, -0.15) is 0 Å². The molecule has 11 aromatic rings. The molecule has 0 aliphatic rings. The fourth-order valence-electron chi connectivity index (χ4n) is 8.73. The van der Waals surface area contributed by atoms with Crippen molar-refractivity contribution in [2.24, 2.45) is 0 Å². The summed E-state index contributed by atoms with van der Waals surface area (Å²) in [6.07, 6.45) is 0. The number of nitrogens with zero attached hydrogens (tertiary/aromatic N) is 3. The molecule has 0 bridgehead atoms. The van der Waals surface area contributed by atoms with Crippen molar-refractivity contribution >= 4 is 60.7 Å². The molecule has 3 heteroatoms. The molecular formula is C54H37N3. The summed E-state index contributed by atoms with van der Waals surface area (Å²) in [7, 11) is 0. The first-order valence-corrected chi connectivity index (χ1v) is 19.5. The van der Waals surface area contributed by atoms with E-state index in [-0.39, 0.29) is 0 Å². The minimum absolute atomic E-state index is 1.09. The van der Waals surface area contributed by atoms with E-state index in [4.69, 9.17) is 0 Å². The van der Waals surface area contributed by atoms with E-state index >= 15 is 0 Å². The Morgan fingerprint density at radius 1 is 0.281 bits per heavy atom. The second kappa shape index (κ2) is 13.6. The molecule has 0 atom stereocenters. The Morgan fingerprint density at radius 3 is 1.49 bits per heavy atom. The molecule has 0 spiro atoms. The monoisotopic (exact) mass is 727 g/mol. The number of para-hydroxylation sites is 4. The maximum atomic E-state index is 2.43. The molecule has 2 heterocycles. The van der Waals surface area contributed by atoms with Gasteiger partial charge >= 0.3 is 0 Å². The molecule has 0 N–H and O–H groups in total. The highest BCUT2D eigenvalue weighted by atomic mass is 15.1. The van der Waals surface area contributed by atoms with Gasteiger partial charge < -0.3 is 14.0 Å². The van der Waals surface area contributed by atoms with Crippen LogP contribution < -0.4 is 4.90 Å². The van der Waals surface area contributed by atoms with Gasteiger partial charge in [0.15, 0.2) is 0 Å². The molecule has 3 nitrogen and oxygen atoms in total. The van der Waals surface area contributed by atoms with Crippen LogP contribution in [0.2, 0.25) is 0 Å². The van der Waals surface area contributed by atoms with Crippen LogP contribution in [0, 0.1) is 0 Å². The van der Waals surface area contributed by atoms with Gasteiger partial charge in [0.1, 0.15) is 0 Å². The lowest BCUT2D eigenvalue weighted by atomic mass is 10.0. The fourth-order valence-corrected chi connectivity index (χ4v) is 8.73. The van der Waals surface area contributed by atoms with Crippen LogP contribution in [0.3, 0.4) is 0 Å². The zero-order valence-corrected chi connectivity index (χ0v) is 31.2. The number of benzene rings is 9. The van der Waals surface area contributed by atoms with E-state index in [1.54, 1.807) is 0 Å². The molecule has 0 aliphatic heterocycles. The molecule has 9 aromatic carbocycles. The Labute approximate surface area is 331 Å². The normalized spacial score (nSPS) is 11.5. The summed E-state index contributed by atoms with van der Waals surface area (Å²) < 4.78 is 4.78. The quantitative estimate of drug-likeness (QED) is 0.159. The maximum Gasteiger partial charge on any atom is 0.0562 e. The minimum atomic E-state index is 1.09. The molecule has 0 fully saturated rings. The molecule has 0 aliphatic carbocycles. The SMILES string of the molecule is c1ccc(-c2cccc(N(c3ccc(-c4ccc5c6ccccc6n(-c6ccccc6)c5c4)cc3)c3cccc4c3c3ccccc3n4-c3ccccc3)c2)cc1. The largest absolute Gasteiger partial charge is 0.310 e. The van der Waals surface area contributed by atoms with Crippen molar-refractivity contribution < 1.29 is 0 Å². The lowest BCUT2D eigenvalue weighted by molar-refractivity contribution is 1.18. The van der Waals surface area contributed by atoms with E-state index in [9.17, 15) is 0 Å². The average Bonchev–Trinajstić information content (AvgIpc) is 3.81. The summed E-state index contributed by atoms with van der Waals surface area (Å²) in [4.78, 5) is 2.43. The van der Waals surface area contributed by atoms with Crippen LogP contribution in [0.15, 0.2) is 224 Å². The number of hydrogen-bond donors (Lipinski definition) is 0. The summed E-state index contributed by atoms with van der Waals surface area (Å²) in [5.74, 6) is 0. The van der Waals surface area contributed by atoms with Crippen LogP contribution in [-0.4, -0.2) is 9.13 Å². The minimum Gasteiger partial charge on any atom is -0.310 e. The molecule has 0 amide bonds. The molecule has 0 saturated heterocycles. The third-order valence-corrected chi connectivity index (χ3v) is 11.3. The molecule has 268 valence electrons. The van der Waals surface area contributed by atoms with Crippen LogP contribution in [0.25, 0.3) is 77.2 Å². The van der Waals surface area contributed by atoms with E-state index in [2.05, 4.69) is 238 Å². The third kappa shape index (κ3) is 5.51. The van der Waals surface area contributed by atoms with E-state index in [1.165, 1.54) is 65.9 Å². The lowest BCUT2D eigenvalue weighted by Gasteiger charge is -2.27. The summed E-state index contributed by atoms with van der Waals surface area (Å²) in [5.41, 5.74) is 15.1. The number of hydrogen-bond acceptors (Lipinski definition) is 1. The fraction of sp³-hybridized carbons (Fsp3) is 0. The number of rotatable bonds is 7. The number of anilines is 3. The van der Waals surface area contributed by atoms with Crippen molar-refractivity contribution in [1.82, 2.24) is 9.13 Å². The first-order chi connectivity index (χ1) is 28.3. The molecule has 0 unspecified atom stereocenters. The molecule has 57 heavy (non-hydrogen) atoms. The Kier molecular flexibility index (Phi) is 7.82. The van der Waals surface area contributed by atoms with Gasteiger partial charge in [0.25, 0.3) is 0 Å². The highest BCUT2D eigenvalue weighted by Crippen LogP contribution is 2.45. The standard InChI is InChI=1S/C54H37N3/c1-4-16-38(17-5-1)40-18-14-23-45(36-40)55(51-28-15-29-52-54(51)48-25-11-13-27-50(48)56(52)42-19-6-2-7-20-42)44-33-30-39(31-34-44)41-32-35-47-46-24-10-12-26-49(46)57(53(47)37-41)43-21-8-3-9-22-43/h1-37H. The van der Waals surface area contributed by atoms with Gasteiger partial charge in [-0.25, -0.2) is 0 Å². The van der Waals surface area contributed by atoms with Gasteiger partial charge in [-0.15, -0.1) is 0 Å². The van der Waals surface area contributed by atoms with Gasteiger partial charge in [0.2, 0.25) is 0 Å². The van der Waals surface area contributed by atoms with Gasteiger partial charge in [0, 0.05) is 44.3 Å². The Morgan fingerprint density at radius 2 is 0.772 bits per heavy atom. The zero-order chi connectivity index (χ0) is 37.7. The van der Waals surface area contributed by atoms with Gasteiger partial charge in [-0.3, -0.25) is 0 Å². The van der Waals surface area contributed by atoms with E-state index in [1.807, 2.05) is 0 Å². The van der Waals surface area contributed by atoms with Gasteiger partial charge in [-0.1, -0.05) is 146 Å². The predicted molar refractivity (Wildman–Crippen MR) is 241 cm³/mol. The van der Waals surface area contributed by atoms with Crippen molar-refractivity contribution in [3.63, 3.8) is 0 Å². The third-order valence-electron chi connectivity index (χ3n) is 11.3. The Bertz CT molecular complexity index is 3210. The smallest absolute Gasteiger partial charge is 0.0562 e. The van der Waals surface area contributed by atoms with Crippen LogP contribution in [0.4, 0.5) is 17.1 Å². The molecule has 0 saturated carbocycles. The molecule has 11 rings (SSSR count). The first-order valence-electron chi connectivity index (χ1n) is 19.5. The van der Waals surface area contributed by atoms with Crippen LogP contribution in [-0.2, 0) is 0 Å². The first kappa shape index (κ1) is 32.8. The topological polar surface area (TPSA) is 13.1 Å². The number of fused-ring (bicyclic) bond motifs is 6. The van der Waals surface area contributed by atoms with Gasteiger partial charge in [-0.05, 0) is 101 Å². The van der Waals surface area contributed by atoms with Crippen LogP contribution in [0.5, 0.6) is 0 Å². The van der Waals surface area contributed by atoms with E-state index in [0.29, 0.717) is 0 Å². The second-order valence-electron chi connectivity index (χ2n) is 14.6. The summed E-state index contributed by atoms with van der Waals surface area (Å²) in [6, 6.07) is 81.1. The summed E-state index contributed by atoms with van der Waals surface area (Å²) in [6.45, 7) is 0. The average molecular weight is 728 g/mol. The second-order valence-corrected chi connectivity index (χ2v) is 14.6. The van der Waals surface area contributed by atoms with E-state index in [0.717, 1.165) is 28.4 Å². The maximum absolute atomic E-state index is 2.43.